The second-order valence-electron chi connectivity index (χ2n) is 5.42. The first-order valence-corrected chi connectivity index (χ1v) is 8.42. The first kappa shape index (κ1) is 19.8. The molecule has 3 N–H and O–H groups in total. The van der Waals surface area contributed by atoms with Crippen LogP contribution in [-0.4, -0.2) is 42.8 Å². The molecule has 1 aliphatic rings. The van der Waals surface area contributed by atoms with Gasteiger partial charge in [0.25, 0.3) is 0 Å². The normalized spacial score (nSPS) is 13.2. The van der Waals surface area contributed by atoms with Crippen molar-refractivity contribution in [1.29, 1.82) is 0 Å². The summed E-state index contributed by atoms with van der Waals surface area (Å²) in [5.41, 5.74) is 0. The van der Waals surface area contributed by atoms with Crippen molar-refractivity contribution in [2.45, 2.75) is 77.4 Å². The summed E-state index contributed by atoms with van der Waals surface area (Å²) in [5, 5.41) is 20.7. The van der Waals surface area contributed by atoms with Crippen molar-refractivity contribution < 1.29 is 14.9 Å². The Labute approximate surface area is 124 Å². The highest BCUT2D eigenvalue weighted by Gasteiger charge is 1.97. The summed E-state index contributed by atoms with van der Waals surface area (Å²) >= 11 is 0. The molecule has 0 aromatic heterocycles. The van der Waals surface area contributed by atoms with Gasteiger partial charge in [-0.15, -0.1) is 0 Å². The molecule has 1 aliphatic heterocycles. The maximum Gasteiger partial charge on any atom is 0.151 e. The summed E-state index contributed by atoms with van der Waals surface area (Å²) in [4.78, 5) is 0. The van der Waals surface area contributed by atoms with Gasteiger partial charge in [0.1, 0.15) is 0 Å². The Balaban J connectivity index is 0.00000105. The lowest BCUT2D eigenvalue weighted by atomic mass is 10.1. The van der Waals surface area contributed by atoms with Crippen LogP contribution in [0.25, 0.3) is 0 Å². The Morgan fingerprint density at radius 2 is 1.30 bits per heavy atom. The van der Waals surface area contributed by atoms with Gasteiger partial charge in [0.2, 0.25) is 0 Å². The van der Waals surface area contributed by atoms with E-state index in [0.29, 0.717) is 6.42 Å². The van der Waals surface area contributed by atoms with E-state index in [4.69, 9.17) is 10.2 Å². The molecule has 1 fully saturated rings. The molecule has 0 atom stereocenters. The Morgan fingerprint density at radius 1 is 0.850 bits per heavy atom. The summed E-state index contributed by atoms with van der Waals surface area (Å²) in [6.45, 7) is 6.40. The number of ether oxygens (including phenoxy) is 1. The number of hydrogen-bond donors (Lipinski definition) is 3. The van der Waals surface area contributed by atoms with Gasteiger partial charge in [-0.05, 0) is 32.4 Å². The Hall–Kier alpha value is -0.160. The van der Waals surface area contributed by atoms with Gasteiger partial charge < -0.3 is 20.3 Å². The molecule has 4 heteroatoms. The molecule has 0 aromatic rings. The van der Waals surface area contributed by atoms with Gasteiger partial charge in [0, 0.05) is 0 Å². The van der Waals surface area contributed by atoms with Crippen molar-refractivity contribution in [3.8, 4) is 0 Å². The molecular weight excluding hydrogens is 254 g/mol. The lowest BCUT2D eigenvalue weighted by molar-refractivity contribution is -0.0466. The molecule has 0 radical (unpaired) electrons. The number of aliphatic hydroxyl groups is 2. The minimum Gasteiger partial charge on any atom is -0.377 e. The molecule has 1 saturated heterocycles. The summed E-state index contributed by atoms with van der Waals surface area (Å²) < 4.78 is 4.50. The SMILES string of the molecule is C1CO1.CCNCCCCCCCCCCCC(O)O. The topological polar surface area (TPSA) is 65.0 Å². The second-order valence-corrected chi connectivity index (χ2v) is 5.42. The minimum absolute atomic E-state index is 0.532. The molecule has 0 unspecified atom stereocenters. The molecule has 1 heterocycles. The molecule has 0 aliphatic carbocycles. The summed E-state index contributed by atoms with van der Waals surface area (Å²) in [6, 6.07) is 0. The fourth-order valence-electron chi connectivity index (χ4n) is 1.99. The maximum atomic E-state index is 8.66. The van der Waals surface area contributed by atoms with Crippen molar-refractivity contribution in [1.82, 2.24) is 5.32 Å². The lowest BCUT2D eigenvalue weighted by Crippen LogP contribution is -2.13. The average Bonchev–Trinajstić information content (AvgIpc) is 3.28. The van der Waals surface area contributed by atoms with E-state index in [0.717, 1.165) is 32.6 Å². The maximum absolute atomic E-state index is 8.66. The zero-order valence-corrected chi connectivity index (χ0v) is 13.3. The number of unbranched alkanes of at least 4 members (excludes halogenated alkanes) is 8. The first-order valence-electron chi connectivity index (χ1n) is 8.42. The van der Waals surface area contributed by atoms with E-state index >= 15 is 0 Å². The van der Waals surface area contributed by atoms with Gasteiger partial charge in [0.15, 0.2) is 6.29 Å². The average molecular weight is 289 g/mol. The molecule has 0 aromatic carbocycles. The van der Waals surface area contributed by atoms with Crippen molar-refractivity contribution >= 4 is 0 Å². The number of epoxide rings is 1. The van der Waals surface area contributed by atoms with Crippen LogP contribution in [0.1, 0.15) is 71.1 Å². The molecule has 0 saturated carbocycles. The van der Waals surface area contributed by atoms with Crippen LogP contribution in [0.5, 0.6) is 0 Å². The van der Waals surface area contributed by atoms with E-state index in [1.165, 1.54) is 51.5 Å². The molecule has 122 valence electrons. The van der Waals surface area contributed by atoms with E-state index in [1.807, 2.05) is 0 Å². The van der Waals surface area contributed by atoms with Crippen LogP contribution < -0.4 is 5.32 Å². The Kier molecular flexibility index (Phi) is 16.8. The van der Waals surface area contributed by atoms with Gasteiger partial charge in [-0.3, -0.25) is 0 Å². The third-order valence-corrected chi connectivity index (χ3v) is 3.27. The fourth-order valence-corrected chi connectivity index (χ4v) is 1.99. The quantitative estimate of drug-likeness (QED) is 0.277. The Bertz CT molecular complexity index is 172. The first-order chi connectivity index (χ1) is 9.77. The van der Waals surface area contributed by atoms with Crippen LogP contribution in [0.4, 0.5) is 0 Å². The van der Waals surface area contributed by atoms with Gasteiger partial charge in [0.05, 0.1) is 13.2 Å². The van der Waals surface area contributed by atoms with Crippen LogP contribution >= 0.6 is 0 Å². The van der Waals surface area contributed by atoms with Crippen molar-refractivity contribution in [2.24, 2.45) is 0 Å². The Morgan fingerprint density at radius 3 is 1.70 bits per heavy atom. The van der Waals surface area contributed by atoms with Crippen LogP contribution in [0.2, 0.25) is 0 Å². The highest BCUT2D eigenvalue weighted by molar-refractivity contribution is 4.50. The summed E-state index contributed by atoms with van der Waals surface area (Å²) in [7, 11) is 0. The van der Waals surface area contributed by atoms with Gasteiger partial charge in [-0.2, -0.15) is 0 Å². The molecule has 1 rings (SSSR count). The predicted molar refractivity (Wildman–Crippen MR) is 83.8 cm³/mol. The van der Waals surface area contributed by atoms with Gasteiger partial charge in [-0.25, -0.2) is 0 Å². The van der Waals surface area contributed by atoms with Crippen molar-refractivity contribution in [2.75, 3.05) is 26.3 Å². The van der Waals surface area contributed by atoms with Gasteiger partial charge in [-0.1, -0.05) is 51.9 Å². The third kappa shape index (κ3) is 23.0. The zero-order chi connectivity index (χ0) is 14.9. The van der Waals surface area contributed by atoms with Crippen LogP contribution in [0, 0.1) is 0 Å². The van der Waals surface area contributed by atoms with E-state index < -0.39 is 6.29 Å². The summed E-state index contributed by atoms with van der Waals surface area (Å²) in [6.07, 6.45) is 10.8. The van der Waals surface area contributed by atoms with E-state index in [2.05, 4.69) is 17.0 Å². The second kappa shape index (κ2) is 16.9. The van der Waals surface area contributed by atoms with E-state index in [1.54, 1.807) is 0 Å². The monoisotopic (exact) mass is 289 g/mol. The number of nitrogens with one attached hydrogen (secondary N) is 1. The number of rotatable bonds is 13. The van der Waals surface area contributed by atoms with Crippen molar-refractivity contribution in [3.63, 3.8) is 0 Å². The highest BCUT2D eigenvalue weighted by Crippen LogP contribution is 2.10. The number of hydrogen-bond acceptors (Lipinski definition) is 4. The zero-order valence-electron chi connectivity index (χ0n) is 13.3. The molecule has 4 nitrogen and oxygen atoms in total. The molecule has 0 amide bonds. The van der Waals surface area contributed by atoms with Crippen molar-refractivity contribution in [3.05, 3.63) is 0 Å². The molecule has 0 bridgehead atoms. The smallest absolute Gasteiger partial charge is 0.151 e. The third-order valence-electron chi connectivity index (χ3n) is 3.27. The van der Waals surface area contributed by atoms with Gasteiger partial charge >= 0.3 is 0 Å². The van der Waals surface area contributed by atoms with Crippen LogP contribution in [-0.2, 0) is 4.74 Å². The fraction of sp³-hybridized carbons (Fsp3) is 1.00. The predicted octanol–water partition coefficient (Wildman–Crippen LogP) is 2.82. The standard InChI is InChI=1S/C14H31NO2.C2H4O/c1-2-15-13-11-9-7-5-3-4-6-8-10-12-14(16)17;1-2-3-1/h14-17H,2-13H2,1H3;1-2H2. The van der Waals surface area contributed by atoms with E-state index in [9.17, 15) is 0 Å². The molecule has 0 spiro atoms. The largest absolute Gasteiger partial charge is 0.377 e. The van der Waals surface area contributed by atoms with E-state index in [-0.39, 0.29) is 0 Å². The molecule has 20 heavy (non-hydrogen) atoms. The van der Waals surface area contributed by atoms with Crippen LogP contribution in [0.3, 0.4) is 0 Å². The number of aliphatic hydroxyl groups excluding tert-OH is 1. The van der Waals surface area contributed by atoms with Crippen LogP contribution in [0.15, 0.2) is 0 Å². The molecular formula is C16H35NO3. The minimum atomic E-state index is -1.10. The highest BCUT2D eigenvalue weighted by atomic mass is 16.6. The lowest BCUT2D eigenvalue weighted by Gasteiger charge is -2.04. The summed E-state index contributed by atoms with van der Waals surface area (Å²) in [5.74, 6) is 0.